The van der Waals surface area contributed by atoms with Crippen LogP contribution in [0.2, 0.25) is 5.02 Å². The highest BCUT2D eigenvalue weighted by Crippen LogP contribution is 2.24. The molecule has 0 radical (unpaired) electrons. The topological polar surface area (TPSA) is 69.7 Å². The first-order valence-electron chi connectivity index (χ1n) is 9.72. The highest BCUT2D eigenvalue weighted by atomic mass is 35.5. The number of anilines is 1. The van der Waals surface area contributed by atoms with Gasteiger partial charge in [-0.1, -0.05) is 36.7 Å². The Morgan fingerprint density at radius 1 is 1.13 bits per heavy atom. The van der Waals surface area contributed by atoms with E-state index >= 15 is 0 Å². The Morgan fingerprint density at radius 2 is 1.83 bits per heavy atom. The maximum atomic E-state index is 13.1. The summed E-state index contributed by atoms with van der Waals surface area (Å²) in [6, 6.07) is 10.2. The molecular weight excluding hydrogens is 409 g/mol. The van der Waals surface area contributed by atoms with Crippen molar-refractivity contribution in [2.45, 2.75) is 32.9 Å². The lowest BCUT2D eigenvalue weighted by Gasteiger charge is -2.37. The third-order valence-corrected chi connectivity index (χ3v) is 5.63. The largest absolute Gasteiger partial charge is 0.328 e. The van der Waals surface area contributed by atoms with Crippen LogP contribution in [0.1, 0.15) is 24.5 Å². The number of hydrogen-bond acceptors (Lipinski definition) is 3. The summed E-state index contributed by atoms with van der Waals surface area (Å²) < 4.78 is 13.1. The average Bonchev–Trinajstić information content (AvgIpc) is 2.72. The highest BCUT2D eigenvalue weighted by Gasteiger charge is 2.38. The van der Waals surface area contributed by atoms with Gasteiger partial charge in [0.15, 0.2) is 0 Å². The van der Waals surface area contributed by atoms with E-state index in [9.17, 15) is 18.8 Å². The number of piperazine rings is 1. The Kier molecular flexibility index (Phi) is 6.72. The Labute approximate surface area is 179 Å². The Balaban J connectivity index is 1.69. The van der Waals surface area contributed by atoms with Crippen molar-refractivity contribution < 1.29 is 18.8 Å². The van der Waals surface area contributed by atoms with Crippen molar-refractivity contribution in [3.63, 3.8) is 0 Å². The van der Waals surface area contributed by atoms with Gasteiger partial charge in [0.05, 0.1) is 0 Å². The minimum absolute atomic E-state index is 0.212. The summed E-state index contributed by atoms with van der Waals surface area (Å²) in [5.41, 5.74) is 2.03. The van der Waals surface area contributed by atoms with Gasteiger partial charge in [0.25, 0.3) is 0 Å². The minimum atomic E-state index is -0.771. The maximum Gasteiger partial charge on any atom is 0.312 e. The van der Waals surface area contributed by atoms with Gasteiger partial charge < -0.3 is 15.1 Å². The smallest absolute Gasteiger partial charge is 0.312 e. The van der Waals surface area contributed by atoms with Crippen molar-refractivity contribution in [1.29, 1.82) is 0 Å². The van der Waals surface area contributed by atoms with Gasteiger partial charge in [-0.25, -0.2) is 4.39 Å². The van der Waals surface area contributed by atoms with Crippen molar-refractivity contribution in [3.05, 3.63) is 64.4 Å². The van der Waals surface area contributed by atoms with Gasteiger partial charge >= 0.3 is 11.8 Å². The maximum absolute atomic E-state index is 13.1. The van der Waals surface area contributed by atoms with Crippen LogP contribution in [0.25, 0.3) is 0 Å². The molecule has 0 aliphatic carbocycles. The number of nitrogens with zero attached hydrogens (tertiary/aromatic N) is 2. The SMILES string of the molecule is CC[C@H](C(=O)Nc1cccc(Cl)c1C)N1CCN(Cc2ccc(F)cc2)C(=O)C1=O. The third-order valence-electron chi connectivity index (χ3n) is 5.22. The van der Waals surface area contributed by atoms with E-state index in [4.69, 9.17) is 11.6 Å². The van der Waals surface area contributed by atoms with Gasteiger partial charge in [-0.2, -0.15) is 0 Å². The quantitative estimate of drug-likeness (QED) is 0.713. The summed E-state index contributed by atoms with van der Waals surface area (Å²) in [5, 5.41) is 3.34. The molecule has 30 heavy (non-hydrogen) atoms. The fourth-order valence-electron chi connectivity index (χ4n) is 3.45. The van der Waals surface area contributed by atoms with E-state index in [0.717, 1.165) is 11.1 Å². The molecule has 8 heteroatoms. The van der Waals surface area contributed by atoms with Crippen LogP contribution in [-0.2, 0) is 20.9 Å². The zero-order chi connectivity index (χ0) is 21.8. The van der Waals surface area contributed by atoms with Crippen LogP contribution in [0, 0.1) is 12.7 Å². The van der Waals surface area contributed by atoms with Crippen molar-refractivity contribution >= 4 is 35.0 Å². The second kappa shape index (κ2) is 9.26. The number of rotatable bonds is 6. The third kappa shape index (κ3) is 4.62. The fourth-order valence-corrected chi connectivity index (χ4v) is 3.63. The van der Waals surface area contributed by atoms with Gasteiger partial charge in [-0.3, -0.25) is 14.4 Å². The first-order chi connectivity index (χ1) is 14.3. The van der Waals surface area contributed by atoms with Crippen molar-refractivity contribution in [2.75, 3.05) is 18.4 Å². The number of carbonyl (C=O) groups excluding carboxylic acids is 3. The Morgan fingerprint density at radius 3 is 2.50 bits per heavy atom. The second-order valence-corrected chi connectivity index (χ2v) is 7.58. The highest BCUT2D eigenvalue weighted by molar-refractivity contribution is 6.36. The molecule has 1 aliphatic heterocycles. The van der Waals surface area contributed by atoms with Gasteiger partial charge in [0, 0.05) is 30.3 Å². The predicted octanol–water partition coefficient (Wildman–Crippen LogP) is 3.38. The summed E-state index contributed by atoms with van der Waals surface area (Å²) in [6.45, 7) is 4.33. The molecule has 0 aromatic heterocycles. The molecule has 0 spiro atoms. The summed E-state index contributed by atoms with van der Waals surface area (Å²) in [5.74, 6) is -2.11. The number of benzene rings is 2. The molecule has 158 valence electrons. The molecular formula is C22H23ClFN3O3. The van der Waals surface area contributed by atoms with Crippen molar-refractivity contribution in [1.82, 2.24) is 9.80 Å². The first-order valence-corrected chi connectivity index (χ1v) is 10.1. The molecule has 0 bridgehead atoms. The van der Waals surface area contributed by atoms with E-state index in [0.29, 0.717) is 23.7 Å². The van der Waals surface area contributed by atoms with Crippen LogP contribution in [0.4, 0.5) is 10.1 Å². The summed E-state index contributed by atoms with van der Waals surface area (Å²) in [6.07, 6.45) is 0.364. The molecule has 0 saturated carbocycles. The van der Waals surface area contributed by atoms with E-state index in [1.165, 1.54) is 21.9 Å². The number of halogens is 2. The summed E-state index contributed by atoms with van der Waals surface area (Å²) in [7, 11) is 0. The number of carbonyl (C=O) groups is 3. The monoisotopic (exact) mass is 431 g/mol. The molecule has 1 fully saturated rings. The Hall–Kier alpha value is -2.93. The Bertz CT molecular complexity index is 965. The van der Waals surface area contributed by atoms with E-state index in [2.05, 4.69) is 5.32 Å². The van der Waals surface area contributed by atoms with Gasteiger partial charge in [0.1, 0.15) is 11.9 Å². The predicted molar refractivity (Wildman–Crippen MR) is 112 cm³/mol. The number of hydrogen-bond donors (Lipinski definition) is 1. The molecule has 2 aromatic rings. The lowest BCUT2D eigenvalue weighted by atomic mass is 10.1. The normalized spacial score (nSPS) is 15.3. The van der Waals surface area contributed by atoms with Crippen LogP contribution < -0.4 is 5.32 Å². The molecule has 0 unspecified atom stereocenters. The van der Waals surface area contributed by atoms with E-state index < -0.39 is 17.9 Å². The van der Waals surface area contributed by atoms with E-state index in [1.54, 1.807) is 44.2 Å². The number of nitrogens with one attached hydrogen (secondary N) is 1. The molecule has 1 heterocycles. The molecule has 1 atom stereocenters. The molecule has 6 nitrogen and oxygen atoms in total. The summed E-state index contributed by atoms with van der Waals surface area (Å²) >= 11 is 6.11. The number of amides is 3. The zero-order valence-corrected chi connectivity index (χ0v) is 17.6. The fraction of sp³-hybridized carbons (Fsp3) is 0.318. The van der Waals surface area contributed by atoms with E-state index in [1.807, 2.05) is 0 Å². The lowest BCUT2D eigenvalue weighted by molar-refractivity contribution is -0.159. The van der Waals surface area contributed by atoms with Crippen LogP contribution in [0.5, 0.6) is 0 Å². The average molecular weight is 432 g/mol. The summed E-state index contributed by atoms with van der Waals surface area (Å²) in [4.78, 5) is 40.9. The van der Waals surface area contributed by atoms with Crippen molar-refractivity contribution in [3.8, 4) is 0 Å². The molecule has 2 aromatic carbocycles. The zero-order valence-electron chi connectivity index (χ0n) is 16.8. The van der Waals surface area contributed by atoms with Crippen LogP contribution in [-0.4, -0.2) is 46.7 Å². The molecule has 3 rings (SSSR count). The van der Waals surface area contributed by atoms with Gasteiger partial charge in [-0.15, -0.1) is 0 Å². The minimum Gasteiger partial charge on any atom is -0.328 e. The van der Waals surface area contributed by atoms with Crippen LogP contribution in [0.3, 0.4) is 0 Å². The standard InChI is InChI=1S/C22H23ClFN3O3/c1-3-19(20(28)25-18-6-4-5-17(23)14(18)2)27-12-11-26(21(29)22(27)30)13-15-7-9-16(24)10-8-15/h4-10,19H,3,11-13H2,1-2H3,(H,25,28)/t19-/m1/s1. The first kappa shape index (κ1) is 21.8. The van der Waals surface area contributed by atoms with Gasteiger partial charge in [-0.05, 0) is 48.7 Å². The van der Waals surface area contributed by atoms with Crippen molar-refractivity contribution in [2.24, 2.45) is 0 Å². The molecule has 3 amide bonds. The van der Waals surface area contributed by atoms with E-state index in [-0.39, 0.29) is 24.8 Å². The lowest BCUT2D eigenvalue weighted by Crippen LogP contribution is -2.59. The van der Waals surface area contributed by atoms with Crippen LogP contribution >= 0.6 is 11.6 Å². The molecule has 1 aliphatic rings. The second-order valence-electron chi connectivity index (χ2n) is 7.18. The van der Waals surface area contributed by atoms with Crippen LogP contribution in [0.15, 0.2) is 42.5 Å². The van der Waals surface area contributed by atoms with Gasteiger partial charge in [0.2, 0.25) is 5.91 Å². The molecule has 1 saturated heterocycles. The molecule has 1 N–H and O–H groups in total.